The van der Waals surface area contributed by atoms with Crippen LogP contribution in [0.5, 0.6) is 5.75 Å². The maximum Gasteiger partial charge on any atom is 0.317 e. The van der Waals surface area contributed by atoms with Gasteiger partial charge in [0.05, 0.1) is 12.2 Å². The van der Waals surface area contributed by atoms with E-state index in [4.69, 9.17) is 0 Å². The first-order valence-electron chi connectivity index (χ1n) is 7.32. The molecule has 1 aromatic heterocycles. The Balaban J connectivity index is 1.51. The Morgan fingerprint density at radius 1 is 1.14 bits per heavy atom. The monoisotopic (exact) mass is 317 g/mol. The highest BCUT2D eigenvalue weighted by Crippen LogP contribution is 2.27. The number of urea groups is 1. The van der Waals surface area contributed by atoms with E-state index < -0.39 is 0 Å². The van der Waals surface area contributed by atoms with Gasteiger partial charge in [0.25, 0.3) is 0 Å². The summed E-state index contributed by atoms with van der Waals surface area (Å²) in [6.07, 6.45) is 0. The van der Waals surface area contributed by atoms with E-state index in [1.807, 2.05) is 40.6 Å². The molecule has 1 aromatic carbocycles. The van der Waals surface area contributed by atoms with Gasteiger partial charge >= 0.3 is 6.03 Å². The number of aromatic hydroxyl groups is 1. The zero-order valence-corrected chi connectivity index (χ0v) is 13.1. The number of hydrogen-bond donors (Lipinski definition) is 2. The van der Waals surface area contributed by atoms with Crippen molar-refractivity contribution in [3.8, 4) is 5.75 Å². The van der Waals surface area contributed by atoms with Crippen LogP contribution in [0.25, 0.3) is 0 Å². The van der Waals surface area contributed by atoms with Crippen LogP contribution < -0.4 is 10.2 Å². The molecule has 0 radical (unpaired) electrons. The van der Waals surface area contributed by atoms with Gasteiger partial charge in [0.15, 0.2) is 0 Å². The number of benzene rings is 1. The molecule has 1 saturated heterocycles. The molecule has 0 unspecified atom stereocenters. The SMILES string of the molecule is O=C(NCc1cccs1)N1CCN(c2ccccc2O)CC1. The van der Waals surface area contributed by atoms with Crippen molar-refractivity contribution in [1.29, 1.82) is 0 Å². The minimum atomic E-state index is -0.0228. The Morgan fingerprint density at radius 3 is 2.59 bits per heavy atom. The number of anilines is 1. The van der Waals surface area contributed by atoms with Gasteiger partial charge in [-0.1, -0.05) is 18.2 Å². The van der Waals surface area contributed by atoms with Crippen LogP contribution in [0.2, 0.25) is 0 Å². The van der Waals surface area contributed by atoms with E-state index >= 15 is 0 Å². The fraction of sp³-hybridized carbons (Fsp3) is 0.312. The van der Waals surface area contributed by atoms with Crippen LogP contribution in [-0.4, -0.2) is 42.2 Å². The van der Waals surface area contributed by atoms with Gasteiger partial charge in [-0.3, -0.25) is 0 Å². The quantitative estimate of drug-likeness (QED) is 0.914. The van der Waals surface area contributed by atoms with Crippen molar-refractivity contribution >= 4 is 23.1 Å². The third-order valence-electron chi connectivity index (χ3n) is 3.78. The lowest BCUT2D eigenvalue weighted by Crippen LogP contribution is -2.51. The van der Waals surface area contributed by atoms with Gasteiger partial charge in [-0.05, 0) is 23.6 Å². The van der Waals surface area contributed by atoms with Crippen LogP contribution in [0, 0.1) is 0 Å². The number of thiophene rings is 1. The number of phenols is 1. The van der Waals surface area contributed by atoms with E-state index in [-0.39, 0.29) is 11.8 Å². The van der Waals surface area contributed by atoms with E-state index in [1.165, 1.54) is 0 Å². The number of phenolic OH excluding ortho intramolecular Hbond substituents is 1. The van der Waals surface area contributed by atoms with Crippen LogP contribution in [0.15, 0.2) is 41.8 Å². The number of para-hydroxylation sites is 2. The predicted molar refractivity (Wildman–Crippen MR) is 88.4 cm³/mol. The number of nitrogens with one attached hydrogen (secondary N) is 1. The van der Waals surface area contributed by atoms with Gasteiger partial charge in [0, 0.05) is 31.1 Å². The van der Waals surface area contributed by atoms with Crippen molar-refractivity contribution in [1.82, 2.24) is 10.2 Å². The average Bonchev–Trinajstić information content (AvgIpc) is 3.07. The van der Waals surface area contributed by atoms with Crippen molar-refractivity contribution in [3.63, 3.8) is 0 Å². The van der Waals surface area contributed by atoms with Gasteiger partial charge in [-0.2, -0.15) is 0 Å². The van der Waals surface area contributed by atoms with Gasteiger partial charge in [-0.15, -0.1) is 11.3 Å². The fourth-order valence-corrected chi connectivity index (χ4v) is 3.21. The molecule has 0 spiro atoms. The second-order valence-corrected chi connectivity index (χ2v) is 6.23. The molecule has 2 heterocycles. The zero-order valence-electron chi connectivity index (χ0n) is 12.2. The molecule has 5 nitrogen and oxygen atoms in total. The normalized spacial score (nSPS) is 14.9. The lowest BCUT2D eigenvalue weighted by Gasteiger charge is -2.36. The molecule has 2 amide bonds. The highest BCUT2D eigenvalue weighted by atomic mass is 32.1. The van der Waals surface area contributed by atoms with E-state index in [2.05, 4.69) is 10.2 Å². The van der Waals surface area contributed by atoms with Crippen molar-refractivity contribution in [2.24, 2.45) is 0 Å². The predicted octanol–water partition coefficient (Wildman–Crippen LogP) is 2.49. The van der Waals surface area contributed by atoms with Crippen molar-refractivity contribution in [3.05, 3.63) is 46.7 Å². The number of rotatable bonds is 3. The summed E-state index contributed by atoms with van der Waals surface area (Å²) in [4.78, 5) is 17.2. The lowest BCUT2D eigenvalue weighted by atomic mass is 10.2. The number of piperazine rings is 1. The topological polar surface area (TPSA) is 55.8 Å². The average molecular weight is 317 g/mol. The molecule has 0 atom stereocenters. The molecule has 6 heteroatoms. The molecule has 0 saturated carbocycles. The second-order valence-electron chi connectivity index (χ2n) is 5.20. The van der Waals surface area contributed by atoms with E-state index in [1.54, 1.807) is 17.4 Å². The lowest BCUT2D eigenvalue weighted by molar-refractivity contribution is 0.194. The standard InChI is InChI=1S/C16H19N3O2S/c20-15-6-2-1-5-14(15)18-7-9-19(10-8-18)16(21)17-12-13-4-3-11-22-13/h1-6,11,20H,7-10,12H2,(H,17,21). The van der Waals surface area contributed by atoms with Gasteiger partial charge < -0.3 is 20.2 Å². The molecular formula is C16H19N3O2S. The van der Waals surface area contributed by atoms with Crippen molar-refractivity contribution < 1.29 is 9.90 Å². The summed E-state index contributed by atoms with van der Waals surface area (Å²) in [5, 5.41) is 14.9. The summed E-state index contributed by atoms with van der Waals surface area (Å²) >= 11 is 1.64. The molecule has 2 aromatic rings. The summed E-state index contributed by atoms with van der Waals surface area (Å²) < 4.78 is 0. The molecule has 22 heavy (non-hydrogen) atoms. The van der Waals surface area contributed by atoms with E-state index in [0.29, 0.717) is 19.6 Å². The highest BCUT2D eigenvalue weighted by Gasteiger charge is 2.22. The van der Waals surface area contributed by atoms with Crippen LogP contribution >= 0.6 is 11.3 Å². The molecule has 1 fully saturated rings. The summed E-state index contributed by atoms with van der Waals surface area (Å²) in [6, 6.07) is 11.3. The molecule has 2 N–H and O–H groups in total. The fourth-order valence-electron chi connectivity index (χ4n) is 2.57. The Kier molecular flexibility index (Phi) is 4.48. The van der Waals surface area contributed by atoms with Crippen molar-refractivity contribution in [2.75, 3.05) is 31.1 Å². The molecule has 1 aliphatic rings. The van der Waals surface area contributed by atoms with Crippen LogP contribution in [0.1, 0.15) is 4.88 Å². The van der Waals surface area contributed by atoms with Crippen LogP contribution in [0.4, 0.5) is 10.5 Å². The van der Waals surface area contributed by atoms with Crippen LogP contribution in [-0.2, 0) is 6.54 Å². The molecule has 0 bridgehead atoms. The van der Waals surface area contributed by atoms with Gasteiger partial charge in [-0.25, -0.2) is 4.79 Å². The first kappa shape index (κ1) is 14.7. The minimum Gasteiger partial charge on any atom is -0.506 e. The maximum atomic E-state index is 12.2. The second kappa shape index (κ2) is 6.70. The number of hydrogen-bond acceptors (Lipinski definition) is 4. The molecule has 0 aliphatic carbocycles. The van der Waals surface area contributed by atoms with Gasteiger partial charge in [0.2, 0.25) is 0 Å². The Bertz CT molecular complexity index is 622. The molecular weight excluding hydrogens is 298 g/mol. The number of carbonyl (C=O) groups is 1. The van der Waals surface area contributed by atoms with Gasteiger partial charge in [0.1, 0.15) is 5.75 Å². The third kappa shape index (κ3) is 3.33. The summed E-state index contributed by atoms with van der Waals surface area (Å²) in [5.74, 6) is 0.290. The number of nitrogens with zero attached hydrogens (tertiary/aromatic N) is 2. The largest absolute Gasteiger partial charge is 0.506 e. The minimum absolute atomic E-state index is 0.0228. The number of carbonyl (C=O) groups excluding carboxylic acids is 1. The summed E-state index contributed by atoms with van der Waals surface area (Å²) in [5.41, 5.74) is 0.834. The number of amides is 2. The summed E-state index contributed by atoms with van der Waals surface area (Å²) in [7, 11) is 0. The summed E-state index contributed by atoms with van der Waals surface area (Å²) in [6.45, 7) is 3.35. The van der Waals surface area contributed by atoms with E-state index in [0.717, 1.165) is 23.7 Å². The molecule has 3 rings (SSSR count). The Hall–Kier alpha value is -2.21. The first-order valence-corrected chi connectivity index (χ1v) is 8.20. The molecule has 116 valence electrons. The maximum absolute atomic E-state index is 12.2. The zero-order chi connectivity index (χ0) is 15.4. The Morgan fingerprint density at radius 2 is 1.91 bits per heavy atom. The van der Waals surface area contributed by atoms with E-state index in [9.17, 15) is 9.90 Å². The van der Waals surface area contributed by atoms with Crippen LogP contribution in [0.3, 0.4) is 0 Å². The van der Waals surface area contributed by atoms with Crippen molar-refractivity contribution in [2.45, 2.75) is 6.54 Å². The smallest absolute Gasteiger partial charge is 0.317 e. The third-order valence-corrected chi connectivity index (χ3v) is 4.66. The Labute approximate surface area is 133 Å². The molecule has 1 aliphatic heterocycles. The highest BCUT2D eigenvalue weighted by molar-refractivity contribution is 7.09. The first-order chi connectivity index (χ1) is 10.7.